The lowest BCUT2D eigenvalue weighted by molar-refractivity contribution is 0.0735. The van der Waals surface area contributed by atoms with Gasteiger partial charge in [-0.05, 0) is 43.8 Å². The van der Waals surface area contributed by atoms with E-state index in [-0.39, 0.29) is 5.91 Å². The fraction of sp³-hybridized carbons (Fsp3) is 0.786. The molecule has 6 heteroatoms. The molecule has 0 aliphatic carbocycles. The minimum atomic E-state index is 0.103. The van der Waals surface area contributed by atoms with E-state index in [9.17, 15) is 4.79 Å². The number of amides is 1. The van der Waals surface area contributed by atoms with Crippen molar-refractivity contribution in [3.63, 3.8) is 0 Å². The fourth-order valence-corrected chi connectivity index (χ4v) is 3.36. The standard InChI is InChI=1S/C14H24N4OS/c1-3-9-18(10-11-7-5-6-8-15-11)14(19)13-12(4-2)16-17-20-13/h11,15H,3-10H2,1-2H3. The highest BCUT2D eigenvalue weighted by Gasteiger charge is 2.24. The van der Waals surface area contributed by atoms with Crippen LogP contribution >= 0.6 is 11.5 Å². The zero-order valence-corrected chi connectivity index (χ0v) is 13.2. The number of hydrogen-bond donors (Lipinski definition) is 1. The summed E-state index contributed by atoms with van der Waals surface area (Å²) in [7, 11) is 0. The van der Waals surface area contributed by atoms with E-state index in [1.807, 2.05) is 11.8 Å². The van der Waals surface area contributed by atoms with Crippen molar-refractivity contribution in [3.05, 3.63) is 10.6 Å². The second-order valence-electron chi connectivity index (χ2n) is 5.30. The number of rotatable bonds is 6. The van der Waals surface area contributed by atoms with Gasteiger partial charge in [0.2, 0.25) is 0 Å². The van der Waals surface area contributed by atoms with E-state index in [4.69, 9.17) is 0 Å². The van der Waals surface area contributed by atoms with Gasteiger partial charge in [0.1, 0.15) is 4.88 Å². The summed E-state index contributed by atoms with van der Waals surface area (Å²) in [4.78, 5) is 15.4. The Hall–Kier alpha value is -1.01. The molecule has 5 nitrogen and oxygen atoms in total. The van der Waals surface area contributed by atoms with Crippen LogP contribution in [0.1, 0.15) is 54.9 Å². The van der Waals surface area contributed by atoms with E-state index in [1.54, 1.807) is 0 Å². The zero-order valence-electron chi connectivity index (χ0n) is 12.4. The van der Waals surface area contributed by atoms with E-state index in [2.05, 4.69) is 21.8 Å². The summed E-state index contributed by atoms with van der Waals surface area (Å²) in [6.45, 7) is 6.80. The van der Waals surface area contributed by atoms with Crippen LogP contribution in [0.5, 0.6) is 0 Å². The molecule has 20 heavy (non-hydrogen) atoms. The number of aryl methyl sites for hydroxylation is 1. The molecule has 1 amide bonds. The number of nitrogens with one attached hydrogen (secondary N) is 1. The van der Waals surface area contributed by atoms with Crippen molar-refractivity contribution in [2.75, 3.05) is 19.6 Å². The molecule has 0 radical (unpaired) electrons. The highest BCUT2D eigenvalue weighted by Crippen LogP contribution is 2.16. The van der Waals surface area contributed by atoms with Crippen LogP contribution in [0.25, 0.3) is 0 Å². The summed E-state index contributed by atoms with van der Waals surface area (Å²) in [5.41, 5.74) is 0.831. The van der Waals surface area contributed by atoms with E-state index >= 15 is 0 Å². The molecule has 1 aliphatic heterocycles. The molecule has 0 aromatic carbocycles. The molecule has 1 saturated heterocycles. The molecule has 1 aromatic heterocycles. The lowest BCUT2D eigenvalue weighted by Crippen LogP contribution is -2.46. The zero-order chi connectivity index (χ0) is 14.4. The second-order valence-corrected chi connectivity index (χ2v) is 6.05. The molecule has 2 heterocycles. The van der Waals surface area contributed by atoms with Gasteiger partial charge < -0.3 is 10.2 Å². The maximum absolute atomic E-state index is 12.7. The van der Waals surface area contributed by atoms with Gasteiger partial charge in [0.15, 0.2) is 0 Å². The van der Waals surface area contributed by atoms with Gasteiger partial charge in [-0.2, -0.15) is 0 Å². The first-order valence-corrected chi connectivity index (χ1v) is 8.37. The fourth-order valence-electron chi connectivity index (χ4n) is 2.64. The third-order valence-corrected chi connectivity index (χ3v) is 4.47. The van der Waals surface area contributed by atoms with E-state index in [0.29, 0.717) is 6.04 Å². The molecule has 1 fully saturated rings. The van der Waals surface area contributed by atoms with Crippen molar-refractivity contribution >= 4 is 17.4 Å². The lowest BCUT2D eigenvalue weighted by atomic mass is 10.0. The first-order valence-electron chi connectivity index (χ1n) is 7.60. The van der Waals surface area contributed by atoms with Gasteiger partial charge in [-0.15, -0.1) is 5.10 Å². The first kappa shape index (κ1) is 15.4. The minimum Gasteiger partial charge on any atom is -0.336 e. The van der Waals surface area contributed by atoms with E-state index in [0.717, 1.165) is 49.5 Å². The number of hydrogen-bond acceptors (Lipinski definition) is 5. The number of carbonyl (C=O) groups excluding carboxylic acids is 1. The van der Waals surface area contributed by atoms with Gasteiger partial charge in [0.05, 0.1) is 5.69 Å². The molecule has 2 rings (SSSR count). The quantitative estimate of drug-likeness (QED) is 0.873. The highest BCUT2D eigenvalue weighted by molar-refractivity contribution is 7.08. The molecule has 112 valence electrons. The Kier molecular flexibility index (Phi) is 5.91. The monoisotopic (exact) mass is 296 g/mol. The van der Waals surface area contributed by atoms with Crippen LogP contribution in [0.2, 0.25) is 0 Å². The van der Waals surface area contributed by atoms with Crippen LogP contribution in [0, 0.1) is 0 Å². The van der Waals surface area contributed by atoms with Crippen molar-refractivity contribution in [2.45, 2.75) is 52.0 Å². The van der Waals surface area contributed by atoms with Crippen LogP contribution in [-0.4, -0.2) is 46.1 Å². The van der Waals surface area contributed by atoms with Gasteiger partial charge in [-0.25, -0.2) is 0 Å². The Labute approximate surface area is 124 Å². The van der Waals surface area contributed by atoms with E-state index in [1.165, 1.54) is 24.4 Å². The summed E-state index contributed by atoms with van der Waals surface area (Å²) in [6, 6.07) is 0.435. The third kappa shape index (κ3) is 3.76. The molecule has 0 saturated carbocycles. The van der Waals surface area contributed by atoms with E-state index < -0.39 is 0 Å². The normalized spacial score (nSPS) is 19.0. The van der Waals surface area contributed by atoms with Crippen LogP contribution < -0.4 is 5.32 Å². The minimum absolute atomic E-state index is 0.103. The van der Waals surface area contributed by atoms with Crippen molar-refractivity contribution < 1.29 is 4.79 Å². The van der Waals surface area contributed by atoms with Crippen molar-refractivity contribution in [3.8, 4) is 0 Å². The maximum Gasteiger partial charge on any atom is 0.267 e. The van der Waals surface area contributed by atoms with Crippen LogP contribution in [0.4, 0.5) is 0 Å². The summed E-state index contributed by atoms with van der Waals surface area (Å²) in [5, 5.41) is 7.57. The van der Waals surface area contributed by atoms with Crippen molar-refractivity contribution in [2.24, 2.45) is 0 Å². The average Bonchev–Trinajstić information content (AvgIpc) is 2.95. The molecule has 1 atom stereocenters. The summed E-state index contributed by atoms with van der Waals surface area (Å²) in [5.74, 6) is 0.103. The Morgan fingerprint density at radius 2 is 2.30 bits per heavy atom. The molecule has 1 aromatic rings. The largest absolute Gasteiger partial charge is 0.336 e. The molecular formula is C14H24N4OS. The highest BCUT2D eigenvalue weighted by atomic mass is 32.1. The van der Waals surface area contributed by atoms with Gasteiger partial charge in [0.25, 0.3) is 5.91 Å². The molecular weight excluding hydrogens is 272 g/mol. The van der Waals surface area contributed by atoms with Gasteiger partial charge in [0, 0.05) is 19.1 Å². The summed E-state index contributed by atoms with van der Waals surface area (Å²) >= 11 is 1.23. The molecule has 1 unspecified atom stereocenters. The Balaban J connectivity index is 2.04. The lowest BCUT2D eigenvalue weighted by Gasteiger charge is -2.30. The number of carbonyl (C=O) groups is 1. The van der Waals surface area contributed by atoms with Crippen LogP contribution in [0.3, 0.4) is 0 Å². The third-order valence-electron chi connectivity index (χ3n) is 3.72. The van der Waals surface area contributed by atoms with Crippen molar-refractivity contribution in [1.29, 1.82) is 0 Å². The second kappa shape index (κ2) is 7.69. The maximum atomic E-state index is 12.7. The SMILES string of the molecule is CCCN(CC1CCCCN1)C(=O)c1snnc1CC. The van der Waals surface area contributed by atoms with Gasteiger partial charge in [-0.1, -0.05) is 24.8 Å². The van der Waals surface area contributed by atoms with Gasteiger partial charge in [-0.3, -0.25) is 4.79 Å². The summed E-state index contributed by atoms with van der Waals surface area (Å²) < 4.78 is 3.93. The molecule has 1 N–H and O–H groups in total. The molecule has 0 bridgehead atoms. The number of piperidine rings is 1. The van der Waals surface area contributed by atoms with Crippen LogP contribution in [-0.2, 0) is 6.42 Å². The molecule has 1 aliphatic rings. The number of nitrogens with zero attached hydrogens (tertiary/aromatic N) is 3. The first-order chi connectivity index (χ1) is 9.76. The Bertz CT molecular complexity index is 429. The van der Waals surface area contributed by atoms with Crippen LogP contribution in [0.15, 0.2) is 0 Å². The average molecular weight is 296 g/mol. The Morgan fingerprint density at radius 3 is 2.95 bits per heavy atom. The molecule has 0 spiro atoms. The Morgan fingerprint density at radius 1 is 1.45 bits per heavy atom. The number of aromatic nitrogens is 2. The smallest absolute Gasteiger partial charge is 0.267 e. The van der Waals surface area contributed by atoms with Crippen molar-refractivity contribution in [1.82, 2.24) is 19.8 Å². The predicted molar refractivity (Wildman–Crippen MR) is 81.1 cm³/mol. The summed E-state index contributed by atoms with van der Waals surface area (Å²) in [6.07, 6.45) is 5.41. The predicted octanol–water partition coefficient (Wildman–Crippen LogP) is 2.09. The topological polar surface area (TPSA) is 58.1 Å². The van der Waals surface area contributed by atoms with Gasteiger partial charge >= 0.3 is 0 Å².